The fourth-order valence-electron chi connectivity index (χ4n) is 2.89. The summed E-state index contributed by atoms with van der Waals surface area (Å²) in [5.41, 5.74) is 2.42. The van der Waals surface area contributed by atoms with Crippen molar-refractivity contribution in [3.8, 4) is 0 Å². The molecule has 4 rings (SSSR count). The highest BCUT2D eigenvalue weighted by molar-refractivity contribution is 7.19. The number of aliphatic hydroxyl groups excluding tert-OH is 1. The van der Waals surface area contributed by atoms with Crippen LogP contribution in [0.3, 0.4) is 0 Å². The lowest BCUT2D eigenvalue weighted by molar-refractivity contribution is -0.139. The normalized spacial score (nSPS) is 11.6. The summed E-state index contributed by atoms with van der Waals surface area (Å²) in [4.78, 5) is 21.0. The fraction of sp³-hybridized carbons (Fsp3) is 0.150. The molecule has 0 aliphatic heterocycles. The quantitative estimate of drug-likeness (QED) is 0.381. The molecular weight excluding hydrogens is 398 g/mol. The van der Waals surface area contributed by atoms with Gasteiger partial charge in [-0.3, -0.25) is 0 Å². The Kier molecular flexibility index (Phi) is 5.38. The number of thiazole rings is 1. The number of aromatic nitrogens is 3. The van der Waals surface area contributed by atoms with Crippen molar-refractivity contribution in [3.63, 3.8) is 0 Å². The molecule has 0 aliphatic rings. The van der Waals surface area contributed by atoms with Crippen LogP contribution in [0, 0.1) is 0 Å². The Bertz CT molecular complexity index is 1150. The average Bonchev–Trinajstić information content (AvgIpc) is 3.26. The van der Waals surface area contributed by atoms with Crippen molar-refractivity contribution >= 4 is 56.2 Å². The SMILES string of the molecule is O=C(C=Cc1nc2ccccc2s1)OCc1nc2ccc(Cl)cc2n1CCO. The summed E-state index contributed by atoms with van der Waals surface area (Å²) in [6, 6.07) is 13.1. The first kappa shape index (κ1) is 18.6. The second-order valence-corrected chi connectivity index (χ2v) is 7.50. The lowest BCUT2D eigenvalue weighted by Crippen LogP contribution is -2.10. The molecule has 0 spiro atoms. The zero-order chi connectivity index (χ0) is 19.5. The first-order valence-corrected chi connectivity index (χ1v) is 9.79. The Morgan fingerprint density at radius 1 is 1.21 bits per heavy atom. The van der Waals surface area contributed by atoms with Crippen molar-refractivity contribution in [1.82, 2.24) is 14.5 Å². The highest BCUT2D eigenvalue weighted by atomic mass is 35.5. The Labute approximate surface area is 169 Å². The summed E-state index contributed by atoms with van der Waals surface area (Å²) in [7, 11) is 0. The van der Waals surface area contributed by atoms with Gasteiger partial charge in [0.2, 0.25) is 0 Å². The average molecular weight is 414 g/mol. The number of halogens is 1. The molecule has 0 amide bonds. The number of carbonyl (C=O) groups excluding carboxylic acids is 1. The van der Waals surface area contributed by atoms with Crippen LogP contribution in [0.25, 0.3) is 27.3 Å². The molecule has 2 heterocycles. The summed E-state index contributed by atoms with van der Waals surface area (Å²) in [5.74, 6) is 0.0629. The number of nitrogens with zero attached hydrogens (tertiary/aromatic N) is 3. The monoisotopic (exact) mass is 413 g/mol. The third-order valence-corrected chi connectivity index (χ3v) is 5.37. The standard InChI is InChI=1S/C20H16ClN3O3S/c21-13-5-6-14-16(11-13)24(9-10-25)18(22-14)12-27-20(26)8-7-19-23-15-3-1-2-4-17(15)28-19/h1-8,11,25H,9-10,12H2. The highest BCUT2D eigenvalue weighted by Gasteiger charge is 2.12. The Hall–Kier alpha value is -2.74. The van der Waals surface area contributed by atoms with E-state index in [0.717, 1.165) is 26.3 Å². The number of ether oxygens (including phenoxy) is 1. The summed E-state index contributed by atoms with van der Waals surface area (Å²) < 4.78 is 8.18. The number of rotatable bonds is 6. The Balaban J connectivity index is 1.47. The molecule has 2 aromatic heterocycles. The predicted molar refractivity (Wildman–Crippen MR) is 110 cm³/mol. The zero-order valence-corrected chi connectivity index (χ0v) is 16.3. The van der Waals surface area contributed by atoms with Gasteiger partial charge in [-0.2, -0.15) is 0 Å². The van der Waals surface area contributed by atoms with Gasteiger partial charge >= 0.3 is 5.97 Å². The molecule has 0 unspecified atom stereocenters. The fourth-order valence-corrected chi connectivity index (χ4v) is 3.93. The zero-order valence-electron chi connectivity index (χ0n) is 14.7. The van der Waals surface area contributed by atoms with Gasteiger partial charge in [0.15, 0.2) is 0 Å². The number of hydrogen-bond donors (Lipinski definition) is 1. The maximum absolute atomic E-state index is 12.1. The van der Waals surface area contributed by atoms with E-state index in [1.54, 1.807) is 28.8 Å². The summed E-state index contributed by atoms with van der Waals surface area (Å²) >= 11 is 7.56. The minimum atomic E-state index is -0.486. The van der Waals surface area contributed by atoms with Crippen LogP contribution < -0.4 is 0 Å². The second-order valence-electron chi connectivity index (χ2n) is 6.00. The lowest BCUT2D eigenvalue weighted by Gasteiger charge is -2.07. The van der Waals surface area contributed by atoms with Crippen LogP contribution in [0.1, 0.15) is 10.8 Å². The molecular formula is C20H16ClN3O3S. The van der Waals surface area contributed by atoms with Gasteiger partial charge in [-0.1, -0.05) is 23.7 Å². The number of para-hydroxylation sites is 1. The van der Waals surface area contributed by atoms with E-state index in [9.17, 15) is 9.90 Å². The van der Waals surface area contributed by atoms with Crippen molar-refractivity contribution < 1.29 is 14.6 Å². The maximum atomic E-state index is 12.1. The van der Waals surface area contributed by atoms with Crippen LogP contribution in [0.4, 0.5) is 0 Å². The Morgan fingerprint density at radius 3 is 2.89 bits per heavy atom. The van der Waals surface area contributed by atoms with Crippen LogP contribution in [0.2, 0.25) is 5.02 Å². The maximum Gasteiger partial charge on any atom is 0.331 e. The van der Waals surface area contributed by atoms with Crippen molar-refractivity contribution in [2.75, 3.05) is 6.61 Å². The molecule has 28 heavy (non-hydrogen) atoms. The van der Waals surface area contributed by atoms with Crippen LogP contribution in [-0.2, 0) is 22.7 Å². The van der Waals surface area contributed by atoms with Gasteiger partial charge in [-0.15, -0.1) is 11.3 Å². The van der Waals surface area contributed by atoms with Crippen molar-refractivity contribution in [1.29, 1.82) is 0 Å². The van der Waals surface area contributed by atoms with E-state index in [-0.39, 0.29) is 13.2 Å². The van der Waals surface area contributed by atoms with E-state index >= 15 is 0 Å². The lowest BCUT2D eigenvalue weighted by atomic mass is 10.3. The molecule has 0 radical (unpaired) electrons. The highest BCUT2D eigenvalue weighted by Crippen LogP contribution is 2.23. The summed E-state index contributed by atoms with van der Waals surface area (Å²) in [6.07, 6.45) is 3.00. The van der Waals surface area contributed by atoms with Gasteiger partial charge in [0.1, 0.15) is 17.4 Å². The molecule has 0 saturated heterocycles. The number of aliphatic hydroxyl groups is 1. The van der Waals surface area contributed by atoms with Crippen LogP contribution in [0.15, 0.2) is 48.5 Å². The van der Waals surface area contributed by atoms with Crippen LogP contribution in [-0.4, -0.2) is 32.2 Å². The number of fused-ring (bicyclic) bond motifs is 2. The molecule has 8 heteroatoms. The Morgan fingerprint density at radius 2 is 2.07 bits per heavy atom. The smallest absolute Gasteiger partial charge is 0.331 e. The number of esters is 1. The first-order valence-electron chi connectivity index (χ1n) is 8.60. The number of imidazole rings is 1. The third kappa shape index (κ3) is 3.91. The van der Waals surface area contributed by atoms with Crippen molar-refractivity contribution in [2.45, 2.75) is 13.2 Å². The summed E-state index contributed by atoms with van der Waals surface area (Å²) in [6.45, 7) is 0.275. The molecule has 0 fully saturated rings. The van der Waals surface area contributed by atoms with Gasteiger partial charge in [0.25, 0.3) is 0 Å². The van der Waals surface area contributed by atoms with E-state index in [2.05, 4.69) is 9.97 Å². The van der Waals surface area contributed by atoms with Gasteiger partial charge in [0, 0.05) is 17.6 Å². The summed E-state index contributed by atoms with van der Waals surface area (Å²) in [5, 5.41) is 10.6. The number of benzene rings is 2. The second kappa shape index (κ2) is 8.10. The molecule has 1 N–H and O–H groups in total. The van der Waals surface area contributed by atoms with E-state index < -0.39 is 5.97 Å². The number of hydrogen-bond acceptors (Lipinski definition) is 6. The first-order chi connectivity index (χ1) is 13.6. The van der Waals surface area contributed by atoms with E-state index in [1.807, 2.05) is 24.3 Å². The molecule has 142 valence electrons. The minimum Gasteiger partial charge on any atom is -0.454 e. The van der Waals surface area contributed by atoms with Gasteiger partial charge in [-0.25, -0.2) is 14.8 Å². The predicted octanol–water partition coefficient (Wildman–Crippen LogP) is 4.05. The molecule has 0 aliphatic carbocycles. The van der Waals surface area contributed by atoms with Gasteiger partial charge in [0.05, 0.1) is 27.9 Å². The largest absolute Gasteiger partial charge is 0.454 e. The molecule has 0 bridgehead atoms. The minimum absolute atomic E-state index is 0.00465. The topological polar surface area (TPSA) is 77.2 Å². The molecule has 4 aromatic rings. The van der Waals surface area contributed by atoms with Crippen molar-refractivity contribution in [2.24, 2.45) is 0 Å². The molecule has 6 nitrogen and oxygen atoms in total. The van der Waals surface area contributed by atoms with Crippen molar-refractivity contribution in [3.05, 3.63) is 64.4 Å². The van der Waals surface area contributed by atoms with E-state index in [0.29, 0.717) is 17.4 Å². The van der Waals surface area contributed by atoms with Gasteiger partial charge < -0.3 is 14.4 Å². The third-order valence-electron chi connectivity index (χ3n) is 4.13. The van der Waals surface area contributed by atoms with Gasteiger partial charge in [-0.05, 0) is 36.4 Å². The van der Waals surface area contributed by atoms with Crippen LogP contribution >= 0.6 is 22.9 Å². The molecule has 0 saturated carbocycles. The molecule has 2 aromatic carbocycles. The number of carbonyl (C=O) groups is 1. The van der Waals surface area contributed by atoms with Crippen LogP contribution in [0.5, 0.6) is 0 Å². The van der Waals surface area contributed by atoms with E-state index in [1.165, 1.54) is 17.4 Å². The molecule has 0 atom stereocenters. The van der Waals surface area contributed by atoms with E-state index in [4.69, 9.17) is 16.3 Å².